The van der Waals surface area contributed by atoms with Crippen molar-refractivity contribution in [1.82, 2.24) is 25.4 Å². The van der Waals surface area contributed by atoms with Gasteiger partial charge in [0, 0.05) is 49.0 Å². The van der Waals surface area contributed by atoms with Crippen LogP contribution in [-0.4, -0.2) is 77.3 Å². The van der Waals surface area contributed by atoms with E-state index in [0.717, 1.165) is 18.7 Å². The highest BCUT2D eigenvalue weighted by atomic mass is 16.5. The summed E-state index contributed by atoms with van der Waals surface area (Å²) in [5, 5.41) is 14.7. The molecule has 2 aliphatic rings. The molecule has 0 radical (unpaired) electrons. The van der Waals surface area contributed by atoms with Crippen LogP contribution in [0.1, 0.15) is 53.5 Å². The van der Waals surface area contributed by atoms with Crippen LogP contribution in [0, 0.1) is 0 Å². The SMILES string of the molecule is CC(C)(C)c1ccc(C(=O)N[C@@H]2CCN(c3nncc(Nc4ccc(C(=O)N5CCOCC5)cc4)n3)C2)cc1. The van der Waals surface area contributed by atoms with Crippen LogP contribution < -0.4 is 15.5 Å². The molecule has 5 rings (SSSR count). The molecule has 204 valence electrons. The predicted molar refractivity (Wildman–Crippen MR) is 150 cm³/mol. The van der Waals surface area contributed by atoms with E-state index in [4.69, 9.17) is 4.74 Å². The maximum atomic E-state index is 12.8. The summed E-state index contributed by atoms with van der Waals surface area (Å²) in [4.78, 5) is 33.9. The van der Waals surface area contributed by atoms with Crippen LogP contribution in [-0.2, 0) is 10.2 Å². The van der Waals surface area contributed by atoms with Crippen molar-refractivity contribution in [2.45, 2.75) is 38.6 Å². The summed E-state index contributed by atoms with van der Waals surface area (Å²) in [6.07, 6.45) is 2.36. The molecule has 1 atom stereocenters. The molecule has 2 aromatic carbocycles. The molecule has 2 N–H and O–H groups in total. The Kier molecular flexibility index (Phi) is 7.74. The number of hydrogen-bond acceptors (Lipinski definition) is 8. The minimum atomic E-state index is -0.0766. The fraction of sp³-hybridized carbons (Fsp3) is 0.414. The van der Waals surface area contributed by atoms with Gasteiger partial charge in [-0.25, -0.2) is 0 Å². The molecule has 0 bridgehead atoms. The summed E-state index contributed by atoms with van der Waals surface area (Å²) >= 11 is 0. The second-order valence-corrected chi connectivity index (χ2v) is 11.0. The molecule has 2 saturated heterocycles. The number of carbonyl (C=O) groups is 2. The predicted octanol–water partition coefficient (Wildman–Crippen LogP) is 3.39. The van der Waals surface area contributed by atoms with Gasteiger partial charge in [-0.1, -0.05) is 32.9 Å². The number of morpholine rings is 1. The lowest BCUT2D eigenvalue weighted by atomic mass is 9.86. The number of nitrogens with one attached hydrogen (secondary N) is 2. The number of ether oxygens (including phenoxy) is 1. The van der Waals surface area contributed by atoms with Gasteiger partial charge in [0.15, 0.2) is 5.82 Å². The lowest BCUT2D eigenvalue weighted by Gasteiger charge is -2.26. The largest absolute Gasteiger partial charge is 0.378 e. The zero-order valence-electron chi connectivity index (χ0n) is 22.7. The molecule has 10 nitrogen and oxygen atoms in total. The van der Waals surface area contributed by atoms with Crippen LogP contribution in [0.25, 0.3) is 0 Å². The van der Waals surface area contributed by atoms with E-state index in [1.54, 1.807) is 23.2 Å². The van der Waals surface area contributed by atoms with Crippen molar-refractivity contribution in [2.75, 3.05) is 49.6 Å². The smallest absolute Gasteiger partial charge is 0.254 e. The van der Waals surface area contributed by atoms with Gasteiger partial charge in [-0.3, -0.25) is 9.59 Å². The Balaban J connectivity index is 1.16. The zero-order valence-corrected chi connectivity index (χ0v) is 22.7. The summed E-state index contributed by atoms with van der Waals surface area (Å²) in [6, 6.07) is 15.1. The fourth-order valence-electron chi connectivity index (χ4n) is 4.73. The van der Waals surface area contributed by atoms with Crippen molar-refractivity contribution in [3.63, 3.8) is 0 Å². The Morgan fingerprint density at radius 3 is 2.33 bits per heavy atom. The number of benzene rings is 2. The van der Waals surface area contributed by atoms with Crippen molar-refractivity contribution < 1.29 is 14.3 Å². The Labute approximate surface area is 228 Å². The molecule has 0 spiro atoms. The van der Waals surface area contributed by atoms with Gasteiger partial charge in [0.05, 0.1) is 19.4 Å². The first-order valence-corrected chi connectivity index (χ1v) is 13.4. The van der Waals surface area contributed by atoms with Crippen molar-refractivity contribution in [1.29, 1.82) is 0 Å². The van der Waals surface area contributed by atoms with E-state index in [1.165, 1.54) is 5.56 Å². The van der Waals surface area contributed by atoms with Crippen molar-refractivity contribution in [2.24, 2.45) is 0 Å². The van der Waals surface area contributed by atoms with E-state index < -0.39 is 0 Å². The zero-order chi connectivity index (χ0) is 27.4. The quantitative estimate of drug-likeness (QED) is 0.500. The van der Waals surface area contributed by atoms with E-state index in [0.29, 0.717) is 55.7 Å². The first-order valence-electron chi connectivity index (χ1n) is 13.4. The number of nitrogens with zero attached hydrogens (tertiary/aromatic N) is 5. The van der Waals surface area contributed by atoms with E-state index in [2.05, 4.69) is 46.6 Å². The molecule has 0 aliphatic carbocycles. The Bertz CT molecular complexity index is 1300. The van der Waals surface area contributed by atoms with Crippen LogP contribution in [0.2, 0.25) is 0 Å². The molecular formula is C29H35N7O3. The van der Waals surface area contributed by atoms with Crippen LogP contribution in [0.3, 0.4) is 0 Å². The third-order valence-electron chi connectivity index (χ3n) is 7.07. The number of carbonyl (C=O) groups excluding carboxylic acids is 2. The minimum Gasteiger partial charge on any atom is -0.378 e. The molecular weight excluding hydrogens is 494 g/mol. The Hall–Kier alpha value is -4.05. The fourth-order valence-corrected chi connectivity index (χ4v) is 4.73. The summed E-state index contributed by atoms with van der Waals surface area (Å²) in [6.45, 7) is 10.2. The number of rotatable bonds is 6. The van der Waals surface area contributed by atoms with E-state index in [1.807, 2.05) is 41.3 Å². The number of hydrogen-bond donors (Lipinski definition) is 2. The van der Waals surface area contributed by atoms with E-state index in [-0.39, 0.29) is 23.3 Å². The molecule has 2 amide bonds. The first-order chi connectivity index (χ1) is 18.8. The summed E-state index contributed by atoms with van der Waals surface area (Å²) < 4.78 is 5.33. The van der Waals surface area contributed by atoms with Gasteiger partial charge >= 0.3 is 0 Å². The normalized spacial score (nSPS) is 17.7. The number of aromatic nitrogens is 3. The molecule has 10 heteroatoms. The highest BCUT2D eigenvalue weighted by Gasteiger charge is 2.27. The second-order valence-electron chi connectivity index (χ2n) is 11.0. The average molecular weight is 530 g/mol. The molecule has 39 heavy (non-hydrogen) atoms. The second kappa shape index (κ2) is 11.4. The molecule has 3 heterocycles. The Morgan fingerprint density at radius 1 is 0.949 bits per heavy atom. The lowest BCUT2D eigenvalue weighted by Crippen LogP contribution is -2.40. The van der Waals surface area contributed by atoms with Crippen LogP contribution >= 0.6 is 0 Å². The first kappa shape index (κ1) is 26.6. The van der Waals surface area contributed by atoms with Gasteiger partial charge in [-0.15, -0.1) is 5.10 Å². The Morgan fingerprint density at radius 2 is 1.64 bits per heavy atom. The molecule has 0 saturated carbocycles. The lowest BCUT2D eigenvalue weighted by molar-refractivity contribution is 0.0303. The molecule has 0 unspecified atom stereocenters. The van der Waals surface area contributed by atoms with Crippen LogP contribution in [0.5, 0.6) is 0 Å². The topological polar surface area (TPSA) is 113 Å². The summed E-state index contributed by atoms with van der Waals surface area (Å²) in [5.74, 6) is 0.991. The van der Waals surface area contributed by atoms with Crippen LogP contribution in [0.4, 0.5) is 17.5 Å². The van der Waals surface area contributed by atoms with Gasteiger partial charge in [0.25, 0.3) is 11.8 Å². The van der Waals surface area contributed by atoms with Crippen molar-refractivity contribution >= 4 is 29.3 Å². The third kappa shape index (κ3) is 6.51. The van der Waals surface area contributed by atoms with Gasteiger partial charge < -0.3 is 25.2 Å². The van der Waals surface area contributed by atoms with Gasteiger partial charge in [0.1, 0.15) is 0 Å². The van der Waals surface area contributed by atoms with Crippen molar-refractivity contribution in [3.8, 4) is 0 Å². The van der Waals surface area contributed by atoms with Crippen LogP contribution in [0.15, 0.2) is 54.7 Å². The van der Waals surface area contributed by atoms with Gasteiger partial charge in [-0.05, 0) is 53.8 Å². The molecule has 2 aliphatic heterocycles. The summed E-state index contributed by atoms with van der Waals surface area (Å²) in [7, 11) is 0. The molecule has 3 aromatic rings. The maximum Gasteiger partial charge on any atom is 0.254 e. The third-order valence-corrected chi connectivity index (χ3v) is 7.07. The van der Waals surface area contributed by atoms with Gasteiger partial charge in [0.2, 0.25) is 5.95 Å². The summed E-state index contributed by atoms with van der Waals surface area (Å²) in [5.41, 5.74) is 3.33. The van der Waals surface area contributed by atoms with Crippen molar-refractivity contribution in [3.05, 3.63) is 71.4 Å². The molecule has 1 aromatic heterocycles. The monoisotopic (exact) mass is 529 g/mol. The van der Waals surface area contributed by atoms with Gasteiger partial charge in [-0.2, -0.15) is 10.1 Å². The molecule has 2 fully saturated rings. The standard InChI is InChI=1S/C29H35N7O3/c1-29(2,3)22-8-4-20(5-9-22)26(37)32-24-12-13-36(19-24)28-33-25(18-30-34-28)31-23-10-6-21(7-11-23)27(38)35-14-16-39-17-15-35/h4-11,18,24H,12-17,19H2,1-3H3,(H,32,37)(H,31,33,34)/t24-/m1/s1. The highest BCUT2D eigenvalue weighted by Crippen LogP contribution is 2.23. The average Bonchev–Trinajstić information content (AvgIpc) is 3.42. The number of anilines is 3. The number of amides is 2. The van der Waals surface area contributed by atoms with E-state index >= 15 is 0 Å². The maximum absolute atomic E-state index is 12.8. The minimum absolute atomic E-state index is 0.00319. The highest BCUT2D eigenvalue weighted by molar-refractivity contribution is 5.95. The van der Waals surface area contributed by atoms with E-state index in [9.17, 15) is 9.59 Å².